The molecular weight excluding hydrogens is 480 g/mol. The third-order valence-electron chi connectivity index (χ3n) is 6.72. The van der Waals surface area contributed by atoms with Crippen molar-refractivity contribution >= 4 is 29.2 Å². The largest absolute Gasteiger partial charge is 0.457 e. The number of para-hydroxylation sites is 1. The molecule has 7 heteroatoms. The van der Waals surface area contributed by atoms with E-state index in [-0.39, 0.29) is 18.9 Å². The molecule has 1 heterocycles. The molecule has 1 saturated heterocycles. The van der Waals surface area contributed by atoms with Crippen LogP contribution in [0.4, 0.5) is 11.4 Å². The van der Waals surface area contributed by atoms with Gasteiger partial charge in [0.15, 0.2) is 6.61 Å². The number of rotatable bonds is 8. The molecule has 2 amide bonds. The fourth-order valence-electron chi connectivity index (χ4n) is 4.58. The first-order valence-corrected chi connectivity index (χ1v) is 12.8. The van der Waals surface area contributed by atoms with Crippen molar-refractivity contribution in [3.8, 4) is 11.5 Å². The Labute approximate surface area is 223 Å². The highest BCUT2D eigenvalue weighted by Gasteiger charge is 2.36. The van der Waals surface area contributed by atoms with Crippen LogP contribution < -0.4 is 15.0 Å². The van der Waals surface area contributed by atoms with Gasteiger partial charge >= 0.3 is 5.97 Å². The fourth-order valence-corrected chi connectivity index (χ4v) is 4.58. The SMILES string of the molecule is Cc1ccc(C(C)C)c(Oc2ccc(N3C[C@H](C(=O)OCC(=O)Nc4c(C)cccc4C)CC3=O)cc2)c1. The molecule has 4 rings (SSSR count). The summed E-state index contributed by atoms with van der Waals surface area (Å²) < 4.78 is 11.4. The molecule has 0 unspecified atom stereocenters. The van der Waals surface area contributed by atoms with Gasteiger partial charge in [-0.25, -0.2) is 0 Å². The lowest BCUT2D eigenvalue weighted by Crippen LogP contribution is -2.28. The second kappa shape index (κ2) is 11.5. The number of carbonyl (C=O) groups excluding carboxylic acids is 3. The van der Waals surface area contributed by atoms with Crippen LogP contribution in [0.3, 0.4) is 0 Å². The van der Waals surface area contributed by atoms with Crippen LogP contribution in [0, 0.1) is 26.7 Å². The molecule has 0 spiro atoms. The zero-order valence-electron chi connectivity index (χ0n) is 22.5. The van der Waals surface area contributed by atoms with Crippen molar-refractivity contribution in [2.24, 2.45) is 5.92 Å². The van der Waals surface area contributed by atoms with Crippen LogP contribution in [0.15, 0.2) is 60.7 Å². The van der Waals surface area contributed by atoms with Crippen molar-refractivity contribution in [1.29, 1.82) is 0 Å². The van der Waals surface area contributed by atoms with Crippen LogP contribution in [0.2, 0.25) is 0 Å². The molecule has 0 aromatic heterocycles. The third kappa shape index (κ3) is 6.22. The number of hydrogen-bond donors (Lipinski definition) is 1. The lowest BCUT2D eigenvalue weighted by Gasteiger charge is -2.18. The first kappa shape index (κ1) is 26.9. The van der Waals surface area contributed by atoms with Gasteiger partial charge in [0.2, 0.25) is 5.91 Å². The number of aryl methyl sites for hydroxylation is 3. The number of hydrogen-bond acceptors (Lipinski definition) is 5. The highest BCUT2D eigenvalue weighted by molar-refractivity contribution is 6.00. The molecule has 198 valence electrons. The van der Waals surface area contributed by atoms with Crippen LogP contribution in [0.25, 0.3) is 0 Å². The van der Waals surface area contributed by atoms with E-state index >= 15 is 0 Å². The van der Waals surface area contributed by atoms with Gasteiger partial charge in [-0.2, -0.15) is 0 Å². The van der Waals surface area contributed by atoms with Crippen LogP contribution in [-0.4, -0.2) is 30.9 Å². The summed E-state index contributed by atoms with van der Waals surface area (Å²) >= 11 is 0. The summed E-state index contributed by atoms with van der Waals surface area (Å²) in [6.07, 6.45) is 0.0383. The highest BCUT2D eigenvalue weighted by atomic mass is 16.5. The molecule has 1 aliphatic rings. The molecule has 1 aliphatic heterocycles. The van der Waals surface area contributed by atoms with Crippen LogP contribution in [-0.2, 0) is 19.1 Å². The lowest BCUT2D eigenvalue weighted by atomic mass is 10.0. The quantitative estimate of drug-likeness (QED) is 0.369. The van der Waals surface area contributed by atoms with Gasteiger partial charge in [0.1, 0.15) is 11.5 Å². The summed E-state index contributed by atoms with van der Waals surface area (Å²) in [4.78, 5) is 39.2. The maximum atomic E-state index is 12.7. The molecular formula is C31H34N2O5. The maximum Gasteiger partial charge on any atom is 0.311 e. The topological polar surface area (TPSA) is 84.9 Å². The highest BCUT2D eigenvalue weighted by Crippen LogP contribution is 2.33. The standard InChI is InChI=1S/C31H34N2O5/c1-19(2)26-14-9-20(3)15-27(26)38-25-12-10-24(11-13-25)33-17-23(16-29(33)35)31(36)37-18-28(34)32-30-21(4)7-6-8-22(30)5/h6-15,19,23H,16-18H2,1-5H3,(H,32,34)/t23-/m1/s1. The summed E-state index contributed by atoms with van der Waals surface area (Å²) in [5.41, 5.74) is 5.49. The van der Waals surface area contributed by atoms with Crippen molar-refractivity contribution in [2.45, 2.75) is 47.0 Å². The summed E-state index contributed by atoms with van der Waals surface area (Å²) in [7, 11) is 0. The van der Waals surface area contributed by atoms with E-state index in [4.69, 9.17) is 9.47 Å². The molecule has 1 fully saturated rings. The second-order valence-corrected chi connectivity index (χ2v) is 10.1. The monoisotopic (exact) mass is 514 g/mol. The van der Waals surface area contributed by atoms with E-state index in [1.807, 2.05) is 69.3 Å². The van der Waals surface area contributed by atoms with Crippen molar-refractivity contribution in [3.05, 3.63) is 82.9 Å². The van der Waals surface area contributed by atoms with Crippen LogP contribution >= 0.6 is 0 Å². The zero-order valence-corrected chi connectivity index (χ0v) is 22.5. The van der Waals surface area contributed by atoms with E-state index in [1.54, 1.807) is 4.90 Å². The first-order chi connectivity index (χ1) is 18.1. The van der Waals surface area contributed by atoms with Gasteiger partial charge in [-0.1, -0.05) is 44.2 Å². The minimum Gasteiger partial charge on any atom is -0.457 e. The van der Waals surface area contributed by atoms with Gasteiger partial charge in [0, 0.05) is 24.3 Å². The number of amides is 2. The van der Waals surface area contributed by atoms with Gasteiger partial charge < -0.3 is 19.7 Å². The van der Waals surface area contributed by atoms with Crippen molar-refractivity contribution in [1.82, 2.24) is 0 Å². The predicted octanol–water partition coefficient (Wildman–Crippen LogP) is 6.06. The second-order valence-electron chi connectivity index (χ2n) is 10.1. The van der Waals surface area contributed by atoms with Gasteiger partial charge in [-0.15, -0.1) is 0 Å². The van der Waals surface area contributed by atoms with E-state index in [0.717, 1.165) is 28.0 Å². The number of esters is 1. The number of nitrogens with zero attached hydrogens (tertiary/aromatic N) is 1. The van der Waals surface area contributed by atoms with Gasteiger partial charge in [0.05, 0.1) is 5.92 Å². The third-order valence-corrected chi connectivity index (χ3v) is 6.72. The fraction of sp³-hybridized carbons (Fsp3) is 0.323. The number of nitrogens with one attached hydrogen (secondary N) is 1. The van der Waals surface area contributed by atoms with E-state index in [1.165, 1.54) is 0 Å². The number of carbonyl (C=O) groups is 3. The van der Waals surface area contributed by atoms with E-state index in [0.29, 0.717) is 23.0 Å². The minimum absolute atomic E-state index is 0.0383. The molecule has 1 atom stereocenters. The molecule has 0 radical (unpaired) electrons. The Morgan fingerprint density at radius 2 is 1.68 bits per heavy atom. The maximum absolute atomic E-state index is 12.7. The Bertz CT molecular complexity index is 1330. The Morgan fingerprint density at radius 1 is 1.00 bits per heavy atom. The van der Waals surface area contributed by atoms with Crippen molar-refractivity contribution in [2.75, 3.05) is 23.4 Å². The zero-order chi connectivity index (χ0) is 27.4. The van der Waals surface area contributed by atoms with Gasteiger partial charge in [-0.05, 0) is 79.3 Å². The average Bonchev–Trinajstić information content (AvgIpc) is 3.27. The van der Waals surface area contributed by atoms with E-state index < -0.39 is 24.4 Å². The Balaban J connectivity index is 1.34. The molecule has 3 aromatic carbocycles. The Kier molecular flexibility index (Phi) is 8.15. The Hall–Kier alpha value is -4.13. The van der Waals surface area contributed by atoms with Gasteiger partial charge in [0.25, 0.3) is 5.91 Å². The number of ether oxygens (including phenoxy) is 2. The predicted molar refractivity (Wildman–Crippen MR) is 148 cm³/mol. The smallest absolute Gasteiger partial charge is 0.311 e. The molecule has 0 saturated carbocycles. The van der Waals surface area contributed by atoms with E-state index in [9.17, 15) is 14.4 Å². The molecule has 3 aromatic rings. The molecule has 1 N–H and O–H groups in total. The number of benzene rings is 3. The molecule has 0 aliphatic carbocycles. The lowest BCUT2D eigenvalue weighted by molar-refractivity contribution is -0.151. The molecule has 7 nitrogen and oxygen atoms in total. The normalized spacial score (nSPS) is 15.1. The van der Waals surface area contributed by atoms with E-state index in [2.05, 4.69) is 31.3 Å². The number of anilines is 2. The summed E-state index contributed by atoms with van der Waals surface area (Å²) in [5, 5.41) is 2.80. The summed E-state index contributed by atoms with van der Waals surface area (Å²) in [6.45, 7) is 9.87. The van der Waals surface area contributed by atoms with Crippen molar-refractivity contribution in [3.63, 3.8) is 0 Å². The summed E-state index contributed by atoms with van der Waals surface area (Å²) in [6, 6.07) is 19.1. The first-order valence-electron chi connectivity index (χ1n) is 12.8. The average molecular weight is 515 g/mol. The Morgan fingerprint density at radius 3 is 2.34 bits per heavy atom. The van der Waals surface area contributed by atoms with Crippen LogP contribution in [0.5, 0.6) is 11.5 Å². The van der Waals surface area contributed by atoms with Crippen LogP contribution in [0.1, 0.15) is 48.4 Å². The van der Waals surface area contributed by atoms with Crippen molar-refractivity contribution < 1.29 is 23.9 Å². The molecule has 38 heavy (non-hydrogen) atoms. The minimum atomic E-state index is -0.632. The molecule has 0 bridgehead atoms. The van der Waals surface area contributed by atoms with Gasteiger partial charge in [-0.3, -0.25) is 14.4 Å². The summed E-state index contributed by atoms with van der Waals surface area (Å²) in [5.74, 6) is 0.0307.